The van der Waals surface area contributed by atoms with Crippen molar-refractivity contribution in [2.24, 2.45) is 5.92 Å². The summed E-state index contributed by atoms with van der Waals surface area (Å²) in [6.45, 7) is 2.86. The highest BCUT2D eigenvalue weighted by Crippen LogP contribution is 2.34. The Labute approximate surface area is 184 Å². The molecule has 2 aliphatic rings. The maximum atomic E-state index is 12.6. The van der Waals surface area contributed by atoms with Crippen LogP contribution in [0.2, 0.25) is 0 Å². The highest BCUT2D eigenvalue weighted by atomic mass is 16.1. The minimum atomic E-state index is -0.00637. The van der Waals surface area contributed by atoms with Gasteiger partial charge >= 0.3 is 0 Å². The monoisotopic (exact) mass is 415 g/mol. The van der Waals surface area contributed by atoms with E-state index in [0.717, 1.165) is 49.3 Å². The third-order valence-corrected chi connectivity index (χ3v) is 7.20. The van der Waals surface area contributed by atoms with Gasteiger partial charge in [-0.1, -0.05) is 55.7 Å². The lowest BCUT2D eigenvalue weighted by Gasteiger charge is -2.22. The summed E-state index contributed by atoms with van der Waals surface area (Å²) in [5, 5.41) is 7.56. The number of benzene rings is 2. The van der Waals surface area contributed by atoms with Gasteiger partial charge in [0, 0.05) is 17.4 Å². The van der Waals surface area contributed by atoms with Crippen LogP contribution in [0.4, 0.5) is 0 Å². The molecule has 0 unspecified atom stereocenters. The second kappa shape index (κ2) is 9.27. The fourth-order valence-corrected chi connectivity index (χ4v) is 5.23. The van der Waals surface area contributed by atoms with Crippen molar-refractivity contribution in [3.05, 3.63) is 59.8 Å². The number of piperidine rings is 1. The number of fused-ring (bicyclic) bond motifs is 1. The standard InChI is InChI=1S/C27H33N3O/c31-27(29-18-19-12-14-28-15-13-19)26-17-24-11-10-23(16-25(24)30-26)22-8-6-21(7-9-22)20-4-2-1-3-5-20/h6-11,16-17,19-20,28,30H,1-5,12-15,18H2,(H,29,31). The molecule has 2 aromatic carbocycles. The Balaban J connectivity index is 1.28. The summed E-state index contributed by atoms with van der Waals surface area (Å²) in [5.41, 5.74) is 5.56. The fourth-order valence-electron chi connectivity index (χ4n) is 5.23. The zero-order valence-corrected chi connectivity index (χ0v) is 18.3. The molecule has 2 fully saturated rings. The first-order valence-corrected chi connectivity index (χ1v) is 12.0. The van der Waals surface area contributed by atoms with E-state index in [1.807, 2.05) is 6.07 Å². The SMILES string of the molecule is O=C(NCC1CCNCC1)c1cc2ccc(-c3ccc(C4CCCCC4)cc3)cc2[nH]1. The number of rotatable bonds is 5. The Hall–Kier alpha value is -2.59. The van der Waals surface area contributed by atoms with Gasteiger partial charge in [0.1, 0.15) is 5.69 Å². The van der Waals surface area contributed by atoms with Gasteiger partial charge < -0.3 is 15.6 Å². The molecule has 0 radical (unpaired) electrons. The average Bonchev–Trinajstić information content (AvgIpc) is 3.27. The van der Waals surface area contributed by atoms with Gasteiger partial charge in [-0.3, -0.25) is 4.79 Å². The first kappa shape index (κ1) is 20.3. The van der Waals surface area contributed by atoms with Crippen molar-refractivity contribution < 1.29 is 4.79 Å². The van der Waals surface area contributed by atoms with Crippen molar-refractivity contribution in [1.82, 2.24) is 15.6 Å². The van der Waals surface area contributed by atoms with Gasteiger partial charge in [-0.2, -0.15) is 0 Å². The summed E-state index contributed by atoms with van der Waals surface area (Å²) in [7, 11) is 0. The number of carbonyl (C=O) groups is 1. The van der Waals surface area contributed by atoms with Crippen LogP contribution in [0.25, 0.3) is 22.0 Å². The second-order valence-electron chi connectivity index (χ2n) is 9.35. The first-order chi connectivity index (χ1) is 15.3. The van der Waals surface area contributed by atoms with Crippen molar-refractivity contribution in [1.29, 1.82) is 0 Å². The zero-order valence-electron chi connectivity index (χ0n) is 18.3. The summed E-state index contributed by atoms with van der Waals surface area (Å²) >= 11 is 0. The Kier molecular flexibility index (Phi) is 6.08. The molecular formula is C27H33N3O. The lowest BCUT2D eigenvalue weighted by molar-refractivity contribution is 0.0940. The van der Waals surface area contributed by atoms with E-state index in [1.165, 1.54) is 48.8 Å². The van der Waals surface area contributed by atoms with E-state index in [9.17, 15) is 4.79 Å². The van der Waals surface area contributed by atoms with Crippen LogP contribution in [0.1, 0.15) is 66.9 Å². The third kappa shape index (κ3) is 4.69. The Morgan fingerprint density at radius 1 is 0.871 bits per heavy atom. The molecule has 0 atom stereocenters. The number of nitrogens with one attached hydrogen (secondary N) is 3. The van der Waals surface area contributed by atoms with Gasteiger partial charge in [0.15, 0.2) is 0 Å². The van der Waals surface area contributed by atoms with Gasteiger partial charge in [-0.25, -0.2) is 0 Å². The molecule has 1 aliphatic carbocycles. The number of carbonyl (C=O) groups excluding carboxylic acids is 1. The molecule has 162 valence electrons. The summed E-state index contributed by atoms with van der Waals surface area (Å²) in [6.07, 6.45) is 9.05. The van der Waals surface area contributed by atoms with E-state index < -0.39 is 0 Å². The van der Waals surface area contributed by atoms with Crippen LogP contribution in [0.15, 0.2) is 48.5 Å². The van der Waals surface area contributed by atoms with E-state index in [2.05, 4.69) is 58.1 Å². The molecule has 4 heteroatoms. The predicted molar refractivity (Wildman–Crippen MR) is 127 cm³/mol. The highest BCUT2D eigenvalue weighted by Gasteiger charge is 2.17. The predicted octanol–water partition coefficient (Wildman–Crippen LogP) is 5.61. The molecule has 3 aromatic rings. The summed E-state index contributed by atoms with van der Waals surface area (Å²) < 4.78 is 0. The van der Waals surface area contributed by atoms with Crippen LogP contribution in [0, 0.1) is 5.92 Å². The van der Waals surface area contributed by atoms with Gasteiger partial charge in [0.25, 0.3) is 5.91 Å². The van der Waals surface area contributed by atoms with Gasteiger partial charge in [0.2, 0.25) is 0 Å². The van der Waals surface area contributed by atoms with Gasteiger partial charge in [0.05, 0.1) is 0 Å². The van der Waals surface area contributed by atoms with Gasteiger partial charge in [-0.05, 0) is 79.4 Å². The van der Waals surface area contributed by atoms with Crippen molar-refractivity contribution >= 4 is 16.8 Å². The normalized spacial score (nSPS) is 18.3. The van der Waals surface area contributed by atoms with E-state index >= 15 is 0 Å². The molecule has 31 heavy (non-hydrogen) atoms. The number of H-pyrrole nitrogens is 1. The van der Waals surface area contributed by atoms with E-state index in [-0.39, 0.29) is 5.91 Å². The number of amides is 1. The third-order valence-electron chi connectivity index (χ3n) is 7.20. The Morgan fingerprint density at radius 2 is 1.61 bits per heavy atom. The zero-order chi connectivity index (χ0) is 21.0. The minimum Gasteiger partial charge on any atom is -0.351 e. The molecule has 1 saturated carbocycles. The summed E-state index contributed by atoms with van der Waals surface area (Å²) in [6, 6.07) is 17.5. The molecule has 1 aliphatic heterocycles. The average molecular weight is 416 g/mol. The van der Waals surface area contributed by atoms with E-state index in [0.29, 0.717) is 11.6 Å². The van der Waals surface area contributed by atoms with Crippen LogP contribution in [-0.2, 0) is 0 Å². The van der Waals surface area contributed by atoms with Crippen LogP contribution in [-0.4, -0.2) is 30.5 Å². The largest absolute Gasteiger partial charge is 0.351 e. The van der Waals surface area contributed by atoms with Crippen LogP contribution < -0.4 is 10.6 Å². The number of aromatic nitrogens is 1. The van der Waals surface area contributed by atoms with E-state index in [1.54, 1.807) is 0 Å². The number of hydrogen-bond donors (Lipinski definition) is 3. The van der Waals surface area contributed by atoms with Crippen molar-refractivity contribution in [3.63, 3.8) is 0 Å². The lowest BCUT2D eigenvalue weighted by Crippen LogP contribution is -2.36. The quantitative estimate of drug-likeness (QED) is 0.507. The second-order valence-corrected chi connectivity index (χ2v) is 9.35. The molecule has 1 aromatic heterocycles. The van der Waals surface area contributed by atoms with E-state index in [4.69, 9.17) is 0 Å². The smallest absolute Gasteiger partial charge is 0.267 e. The summed E-state index contributed by atoms with van der Waals surface area (Å²) in [4.78, 5) is 16.0. The van der Waals surface area contributed by atoms with Gasteiger partial charge in [-0.15, -0.1) is 0 Å². The number of hydrogen-bond acceptors (Lipinski definition) is 2. The molecule has 1 amide bonds. The van der Waals surface area contributed by atoms with Crippen molar-refractivity contribution in [2.45, 2.75) is 50.9 Å². The molecule has 2 heterocycles. The molecule has 1 saturated heterocycles. The topological polar surface area (TPSA) is 56.9 Å². The Morgan fingerprint density at radius 3 is 2.39 bits per heavy atom. The molecule has 5 rings (SSSR count). The minimum absolute atomic E-state index is 0.00637. The van der Waals surface area contributed by atoms with Crippen molar-refractivity contribution in [3.8, 4) is 11.1 Å². The molecule has 3 N–H and O–H groups in total. The summed E-state index contributed by atoms with van der Waals surface area (Å²) in [5.74, 6) is 1.31. The molecular weight excluding hydrogens is 382 g/mol. The number of aromatic amines is 1. The lowest BCUT2D eigenvalue weighted by atomic mass is 9.84. The maximum absolute atomic E-state index is 12.6. The molecule has 0 bridgehead atoms. The highest BCUT2D eigenvalue weighted by molar-refractivity contribution is 5.98. The maximum Gasteiger partial charge on any atom is 0.267 e. The van der Waals surface area contributed by atoms with Crippen LogP contribution >= 0.6 is 0 Å². The van der Waals surface area contributed by atoms with Crippen molar-refractivity contribution in [2.75, 3.05) is 19.6 Å². The molecule has 4 nitrogen and oxygen atoms in total. The first-order valence-electron chi connectivity index (χ1n) is 12.0. The van der Waals surface area contributed by atoms with Crippen LogP contribution in [0.5, 0.6) is 0 Å². The van der Waals surface area contributed by atoms with Crippen LogP contribution in [0.3, 0.4) is 0 Å². The fraction of sp³-hybridized carbons (Fsp3) is 0.444. The molecule has 0 spiro atoms. The Bertz CT molecular complexity index is 1020.